The number of hydrogen-bond acceptors (Lipinski definition) is 3. The standard InChI is InChI=1S/C11H14N2O2/c1-8-9(10-5-3-7-12-10)4-2-6-11(8)13(14)15/h2,4,6,10,12H,3,5,7H2,1H3/t10-/m0/s1. The summed E-state index contributed by atoms with van der Waals surface area (Å²) in [5.74, 6) is 0. The van der Waals surface area contributed by atoms with Crippen LogP contribution in [-0.4, -0.2) is 11.5 Å². The molecular formula is C11H14N2O2. The van der Waals surface area contributed by atoms with Crippen LogP contribution < -0.4 is 5.32 Å². The molecule has 0 spiro atoms. The molecule has 0 bridgehead atoms. The molecule has 2 rings (SSSR count). The molecule has 0 aromatic heterocycles. The minimum atomic E-state index is -0.312. The first-order valence-electron chi connectivity index (χ1n) is 5.17. The molecule has 1 aromatic carbocycles. The van der Waals surface area contributed by atoms with E-state index in [4.69, 9.17) is 0 Å². The number of nitrogens with one attached hydrogen (secondary N) is 1. The molecule has 15 heavy (non-hydrogen) atoms. The molecule has 1 aliphatic rings. The first-order chi connectivity index (χ1) is 7.20. The van der Waals surface area contributed by atoms with E-state index in [-0.39, 0.29) is 10.6 Å². The molecule has 1 saturated heterocycles. The molecule has 0 saturated carbocycles. The van der Waals surface area contributed by atoms with Crippen LogP contribution >= 0.6 is 0 Å². The summed E-state index contributed by atoms with van der Waals surface area (Å²) < 4.78 is 0. The van der Waals surface area contributed by atoms with Gasteiger partial charge in [-0.1, -0.05) is 12.1 Å². The van der Waals surface area contributed by atoms with Crippen molar-refractivity contribution in [1.29, 1.82) is 0 Å². The Balaban J connectivity index is 2.39. The van der Waals surface area contributed by atoms with Crippen molar-refractivity contribution in [3.8, 4) is 0 Å². The zero-order valence-electron chi connectivity index (χ0n) is 8.69. The van der Waals surface area contributed by atoms with Gasteiger partial charge in [-0.25, -0.2) is 0 Å². The lowest BCUT2D eigenvalue weighted by molar-refractivity contribution is -0.385. The molecule has 1 heterocycles. The normalized spacial score (nSPS) is 20.5. The van der Waals surface area contributed by atoms with E-state index in [0.29, 0.717) is 6.04 Å². The Hall–Kier alpha value is -1.42. The molecule has 1 N–H and O–H groups in total. The Morgan fingerprint density at radius 2 is 2.33 bits per heavy atom. The van der Waals surface area contributed by atoms with Crippen molar-refractivity contribution in [2.75, 3.05) is 6.54 Å². The number of nitro groups is 1. The maximum atomic E-state index is 10.8. The van der Waals surface area contributed by atoms with Crippen LogP contribution in [0, 0.1) is 17.0 Å². The lowest BCUT2D eigenvalue weighted by Gasteiger charge is -2.13. The Kier molecular flexibility index (Phi) is 2.68. The topological polar surface area (TPSA) is 55.2 Å². The fraction of sp³-hybridized carbons (Fsp3) is 0.455. The van der Waals surface area contributed by atoms with Crippen molar-refractivity contribution in [2.45, 2.75) is 25.8 Å². The molecule has 0 amide bonds. The van der Waals surface area contributed by atoms with Gasteiger partial charge in [-0.15, -0.1) is 0 Å². The molecule has 80 valence electrons. The van der Waals surface area contributed by atoms with E-state index < -0.39 is 0 Å². The van der Waals surface area contributed by atoms with Crippen LogP contribution in [0.25, 0.3) is 0 Å². The van der Waals surface area contributed by atoms with E-state index >= 15 is 0 Å². The van der Waals surface area contributed by atoms with Gasteiger partial charge in [-0.2, -0.15) is 0 Å². The van der Waals surface area contributed by atoms with E-state index in [1.807, 2.05) is 13.0 Å². The van der Waals surface area contributed by atoms with E-state index in [9.17, 15) is 10.1 Å². The maximum absolute atomic E-state index is 10.8. The molecule has 0 radical (unpaired) electrons. The predicted octanol–water partition coefficient (Wildman–Crippen LogP) is 2.33. The molecule has 4 heteroatoms. The summed E-state index contributed by atoms with van der Waals surface area (Å²) in [6.45, 7) is 2.83. The summed E-state index contributed by atoms with van der Waals surface area (Å²) in [5, 5.41) is 14.1. The first-order valence-corrected chi connectivity index (χ1v) is 5.17. The zero-order chi connectivity index (χ0) is 10.8. The van der Waals surface area contributed by atoms with Gasteiger partial charge >= 0.3 is 0 Å². The van der Waals surface area contributed by atoms with Crippen molar-refractivity contribution in [3.05, 3.63) is 39.4 Å². The van der Waals surface area contributed by atoms with E-state index in [1.165, 1.54) is 0 Å². The summed E-state index contributed by atoms with van der Waals surface area (Å²) in [7, 11) is 0. The minimum absolute atomic E-state index is 0.223. The molecular weight excluding hydrogens is 192 g/mol. The van der Waals surface area contributed by atoms with Crippen molar-refractivity contribution < 1.29 is 4.92 Å². The maximum Gasteiger partial charge on any atom is 0.272 e. The number of benzene rings is 1. The quantitative estimate of drug-likeness (QED) is 0.596. The number of nitro benzene ring substituents is 1. The lowest BCUT2D eigenvalue weighted by atomic mass is 9.99. The largest absolute Gasteiger partial charge is 0.310 e. The van der Waals surface area contributed by atoms with Crippen LogP contribution in [0.4, 0.5) is 5.69 Å². The van der Waals surface area contributed by atoms with E-state index in [1.54, 1.807) is 12.1 Å². The van der Waals surface area contributed by atoms with Gasteiger partial charge in [0.2, 0.25) is 0 Å². The third-order valence-electron chi connectivity index (χ3n) is 2.98. The highest BCUT2D eigenvalue weighted by Gasteiger charge is 2.21. The fourth-order valence-corrected chi connectivity index (χ4v) is 2.17. The predicted molar refractivity (Wildman–Crippen MR) is 57.8 cm³/mol. The number of rotatable bonds is 2. The average molecular weight is 206 g/mol. The summed E-state index contributed by atoms with van der Waals surface area (Å²) >= 11 is 0. The van der Waals surface area contributed by atoms with Gasteiger partial charge in [0.25, 0.3) is 5.69 Å². The van der Waals surface area contributed by atoms with Gasteiger partial charge in [-0.05, 0) is 31.9 Å². The molecule has 1 atom stereocenters. The molecule has 0 unspecified atom stereocenters. The monoisotopic (exact) mass is 206 g/mol. The van der Waals surface area contributed by atoms with Gasteiger partial charge < -0.3 is 5.32 Å². The third kappa shape index (κ3) is 1.85. The number of hydrogen-bond donors (Lipinski definition) is 1. The second kappa shape index (κ2) is 3.98. The molecule has 4 nitrogen and oxygen atoms in total. The van der Waals surface area contributed by atoms with E-state index in [2.05, 4.69) is 5.32 Å². The first kappa shape index (κ1) is 10.1. The molecule has 1 fully saturated rings. The Morgan fingerprint density at radius 3 is 2.93 bits per heavy atom. The highest BCUT2D eigenvalue weighted by Crippen LogP contribution is 2.30. The summed E-state index contributed by atoms with van der Waals surface area (Å²) in [4.78, 5) is 10.5. The van der Waals surface area contributed by atoms with Crippen LogP contribution in [0.2, 0.25) is 0 Å². The van der Waals surface area contributed by atoms with Gasteiger partial charge in [0.15, 0.2) is 0 Å². The lowest BCUT2D eigenvalue weighted by Crippen LogP contribution is -2.14. The Labute approximate surface area is 88.5 Å². The minimum Gasteiger partial charge on any atom is -0.310 e. The SMILES string of the molecule is Cc1c([C@@H]2CCCN2)cccc1[N+](=O)[O-]. The van der Waals surface area contributed by atoms with Crippen LogP contribution in [0.15, 0.2) is 18.2 Å². The summed E-state index contributed by atoms with van der Waals surface area (Å²) in [5.41, 5.74) is 2.09. The van der Waals surface area contributed by atoms with Gasteiger partial charge in [-0.3, -0.25) is 10.1 Å². The summed E-state index contributed by atoms with van der Waals surface area (Å²) in [6, 6.07) is 5.60. The highest BCUT2D eigenvalue weighted by atomic mass is 16.6. The fourth-order valence-electron chi connectivity index (χ4n) is 2.17. The van der Waals surface area contributed by atoms with Crippen molar-refractivity contribution >= 4 is 5.69 Å². The van der Waals surface area contributed by atoms with Crippen molar-refractivity contribution in [1.82, 2.24) is 5.32 Å². The Morgan fingerprint density at radius 1 is 1.53 bits per heavy atom. The smallest absolute Gasteiger partial charge is 0.272 e. The third-order valence-corrected chi connectivity index (χ3v) is 2.98. The van der Waals surface area contributed by atoms with Gasteiger partial charge in [0, 0.05) is 17.7 Å². The van der Waals surface area contributed by atoms with Gasteiger partial charge in [0.05, 0.1) is 4.92 Å². The van der Waals surface area contributed by atoms with Gasteiger partial charge in [0.1, 0.15) is 0 Å². The second-order valence-corrected chi connectivity index (χ2v) is 3.90. The molecule has 1 aromatic rings. The van der Waals surface area contributed by atoms with Crippen molar-refractivity contribution in [2.24, 2.45) is 0 Å². The number of nitrogens with zero attached hydrogens (tertiary/aromatic N) is 1. The van der Waals surface area contributed by atoms with Crippen LogP contribution in [0.5, 0.6) is 0 Å². The Bertz CT molecular complexity index is 384. The second-order valence-electron chi connectivity index (χ2n) is 3.90. The van der Waals surface area contributed by atoms with Crippen molar-refractivity contribution in [3.63, 3.8) is 0 Å². The van der Waals surface area contributed by atoms with E-state index in [0.717, 1.165) is 30.5 Å². The van der Waals surface area contributed by atoms with Crippen LogP contribution in [-0.2, 0) is 0 Å². The molecule has 0 aliphatic carbocycles. The highest BCUT2D eigenvalue weighted by molar-refractivity contribution is 5.45. The summed E-state index contributed by atoms with van der Waals surface area (Å²) in [6.07, 6.45) is 2.22. The van der Waals surface area contributed by atoms with Crippen LogP contribution in [0.3, 0.4) is 0 Å². The average Bonchev–Trinajstić information content (AvgIpc) is 2.70. The molecule has 1 aliphatic heterocycles. The zero-order valence-corrected chi connectivity index (χ0v) is 8.69. The van der Waals surface area contributed by atoms with Crippen LogP contribution in [0.1, 0.15) is 30.0 Å².